The fraction of sp³-hybridized carbons (Fsp3) is 0.429. The molecule has 1 aliphatic rings. The number of methoxy groups -OCH3 is 2. The van der Waals surface area contributed by atoms with E-state index in [0.29, 0.717) is 6.61 Å². The number of fused-ring (bicyclic) bond motifs is 1. The summed E-state index contributed by atoms with van der Waals surface area (Å²) in [6.45, 7) is 4.33. The Balaban J connectivity index is 2.36. The standard InChI is InChI=1S/C14H18O3/c1-4-5-10-8-11-12(9-17-10)14(16-3)7-6-13(11)15-2/h4,6-7,10H,1,5,8-9H2,2-3H3. The van der Waals surface area contributed by atoms with Crippen molar-refractivity contribution < 1.29 is 14.2 Å². The second kappa shape index (κ2) is 5.23. The molecule has 1 aromatic carbocycles. The molecule has 1 unspecified atom stereocenters. The zero-order valence-electron chi connectivity index (χ0n) is 10.4. The van der Waals surface area contributed by atoms with E-state index >= 15 is 0 Å². The summed E-state index contributed by atoms with van der Waals surface area (Å²) in [5.41, 5.74) is 2.30. The van der Waals surface area contributed by atoms with Gasteiger partial charge >= 0.3 is 0 Å². The molecule has 0 saturated carbocycles. The van der Waals surface area contributed by atoms with Crippen LogP contribution in [0.5, 0.6) is 11.5 Å². The molecule has 0 N–H and O–H groups in total. The molecule has 0 fully saturated rings. The van der Waals surface area contributed by atoms with Crippen molar-refractivity contribution in [3.05, 3.63) is 35.9 Å². The zero-order chi connectivity index (χ0) is 12.3. The van der Waals surface area contributed by atoms with Crippen LogP contribution in [0.2, 0.25) is 0 Å². The average molecular weight is 234 g/mol. The maximum Gasteiger partial charge on any atom is 0.124 e. The summed E-state index contributed by atoms with van der Waals surface area (Å²) in [6.07, 6.45) is 3.80. The molecule has 0 spiro atoms. The first-order valence-corrected chi connectivity index (χ1v) is 5.75. The highest BCUT2D eigenvalue weighted by molar-refractivity contribution is 5.49. The Morgan fingerprint density at radius 2 is 1.94 bits per heavy atom. The van der Waals surface area contributed by atoms with Crippen molar-refractivity contribution >= 4 is 0 Å². The van der Waals surface area contributed by atoms with E-state index in [2.05, 4.69) is 6.58 Å². The lowest BCUT2D eigenvalue weighted by atomic mass is 9.95. The lowest BCUT2D eigenvalue weighted by Gasteiger charge is -2.27. The molecular weight excluding hydrogens is 216 g/mol. The molecule has 0 radical (unpaired) electrons. The van der Waals surface area contributed by atoms with Crippen LogP contribution in [0.4, 0.5) is 0 Å². The van der Waals surface area contributed by atoms with E-state index in [1.54, 1.807) is 14.2 Å². The van der Waals surface area contributed by atoms with Crippen LogP contribution in [0, 0.1) is 0 Å². The Morgan fingerprint density at radius 1 is 1.29 bits per heavy atom. The van der Waals surface area contributed by atoms with Gasteiger partial charge < -0.3 is 14.2 Å². The van der Waals surface area contributed by atoms with E-state index in [1.807, 2.05) is 18.2 Å². The van der Waals surface area contributed by atoms with Crippen molar-refractivity contribution in [1.29, 1.82) is 0 Å². The molecule has 17 heavy (non-hydrogen) atoms. The highest BCUT2D eigenvalue weighted by Crippen LogP contribution is 2.36. The smallest absolute Gasteiger partial charge is 0.124 e. The summed E-state index contributed by atoms with van der Waals surface area (Å²) in [6, 6.07) is 3.88. The minimum absolute atomic E-state index is 0.195. The number of benzene rings is 1. The summed E-state index contributed by atoms with van der Waals surface area (Å²) in [5.74, 6) is 1.79. The molecular formula is C14H18O3. The minimum atomic E-state index is 0.195. The van der Waals surface area contributed by atoms with Gasteiger partial charge in [-0.1, -0.05) is 6.08 Å². The van der Waals surface area contributed by atoms with E-state index in [0.717, 1.165) is 29.9 Å². The molecule has 0 bridgehead atoms. The largest absolute Gasteiger partial charge is 0.496 e. The van der Waals surface area contributed by atoms with E-state index in [4.69, 9.17) is 14.2 Å². The van der Waals surface area contributed by atoms with Gasteiger partial charge in [-0.15, -0.1) is 6.58 Å². The van der Waals surface area contributed by atoms with Crippen LogP contribution in [-0.4, -0.2) is 20.3 Å². The van der Waals surface area contributed by atoms with Crippen LogP contribution in [0.1, 0.15) is 17.5 Å². The van der Waals surface area contributed by atoms with E-state index < -0.39 is 0 Å². The van der Waals surface area contributed by atoms with Crippen molar-refractivity contribution in [2.75, 3.05) is 14.2 Å². The average Bonchev–Trinajstić information content (AvgIpc) is 2.37. The van der Waals surface area contributed by atoms with Gasteiger partial charge in [-0.05, 0) is 18.6 Å². The first-order chi connectivity index (χ1) is 8.30. The number of hydrogen-bond donors (Lipinski definition) is 0. The predicted molar refractivity (Wildman–Crippen MR) is 66.6 cm³/mol. The molecule has 0 aliphatic carbocycles. The minimum Gasteiger partial charge on any atom is -0.496 e. The maximum atomic E-state index is 5.78. The fourth-order valence-electron chi connectivity index (χ4n) is 2.24. The predicted octanol–water partition coefficient (Wildman–Crippen LogP) is 2.72. The van der Waals surface area contributed by atoms with Gasteiger partial charge in [0.25, 0.3) is 0 Å². The summed E-state index contributed by atoms with van der Waals surface area (Å²) in [7, 11) is 3.37. The van der Waals surface area contributed by atoms with Crippen LogP contribution in [0.15, 0.2) is 24.8 Å². The topological polar surface area (TPSA) is 27.7 Å². The lowest BCUT2D eigenvalue weighted by Crippen LogP contribution is -2.22. The molecule has 0 amide bonds. The second-order valence-corrected chi connectivity index (χ2v) is 4.09. The van der Waals surface area contributed by atoms with Gasteiger partial charge in [-0.25, -0.2) is 0 Å². The van der Waals surface area contributed by atoms with Gasteiger partial charge in [0.05, 0.1) is 26.9 Å². The van der Waals surface area contributed by atoms with Crippen molar-refractivity contribution in [1.82, 2.24) is 0 Å². The lowest BCUT2D eigenvalue weighted by molar-refractivity contribution is 0.0286. The molecule has 1 heterocycles. The highest BCUT2D eigenvalue weighted by atomic mass is 16.5. The van der Waals surface area contributed by atoms with Gasteiger partial charge in [0.1, 0.15) is 11.5 Å². The fourth-order valence-corrected chi connectivity index (χ4v) is 2.24. The molecule has 1 aliphatic heterocycles. The number of rotatable bonds is 4. The molecule has 0 saturated heterocycles. The molecule has 0 aromatic heterocycles. The Bertz CT molecular complexity index is 412. The van der Waals surface area contributed by atoms with E-state index in [9.17, 15) is 0 Å². The monoisotopic (exact) mass is 234 g/mol. The van der Waals surface area contributed by atoms with Crippen molar-refractivity contribution in [3.8, 4) is 11.5 Å². The third kappa shape index (κ3) is 2.29. The molecule has 1 atom stereocenters. The zero-order valence-corrected chi connectivity index (χ0v) is 10.4. The third-order valence-corrected chi connectivity index (χ3v) is 3.11. The van der Waals surface area contributed by atoms with E-state index in [1.165, 1.54) is 5.56 Å². The van der Waals surface area contributed by atoms with Crippen LogP contribution in [0.3, 0.4) is 0 Å². The van der Waals surface area contributed by atoms with Crippen molar-refractivity contribution in [3.63, 3.8) is 0 Å². The Morgan fingerprint density at radius 3 is 2.53 bits per heavy atom. The normalized spacial score (nSPS) is 18.4. The maximum absolute atomic E-state index is 5.78. The molecule has 1 aromatic rings. The Labute approximate surface area is 102 Å². The Kier molecular flexibility index (Phi) is 3.69. The molecule has 2 rings (SSSR count). The van der Waals surface area contributed by atoms with Crippen LogP contribution in [-0.2, 0) is 17.8 Å². The number of ether oxygens (including phenoxy) is 3. The van der Waals surface area contributed by atoms with Crippen LogP contribution >= 0.6 is 0 Å². The van der Waals surface area contributed by atoms with Gasteiger partial charge in [-0.2, -0.15) is 0 Å². The summed E-state index contributed by atoms with van der Waals surface area (Å²) >= 11 is 0. The first kappa shape index (κ1) is 12.0. The Hall–Kier alpha value is -1.48. The first-order valence-electron chi connectivity index (χ1n) is 5.75. The molecule has 3 heteroatoms. The number of hydrogen-bond acceptors (Lipinski definition) is 3. The molecule has 92 valence electrons. The van der Waals surface area contributed by atoms with Gasteiger partial charge in [0, 0.05) is 17.5 Å². The SMILES string of the molecule is C=CCC1Cc2c(OC)ccc(OC)c2CO1. The van der Waals surface area contributed by atoms with Gasteiger partial charge in [-0.3, -0.25) is 0 Å². The van der Waals surface area contributed by atoms with Crippen molar-refractivity contribution in [2.24, 2.45) is 0 Å². The third-order valence-electron chi connectivity index (χ3n) is 3.11. The van der Waals surface area contributed by atoms with Crippen molar-refractivity contribution in [2.45, 2.75) is 25.6 Å². The summed E-state index contributed by atoms with van der Waals surface area (Å²) in [5, 5.41) is 0. The van der Waals surface area contributed by atoms with Gasteiger partial charge in [0.15, 0.2) is 0 Å². The summed E-state index contributed by atoms with van der Waals surface area (Å²) < 4.78 is 16.5. The molecule has 3 nitrogen and oxygen atoms in total. The highest BCUT2D eigenvalue weighted by Gasteiger charge is 2.24. The summed E-state index contributed by atoms with van der Waals surface area (Å²) in [4.78, 5) is 0. The second-order valence-electron chi connectivity index (χ2n) is 4.09. The van der Waals surface area contributed by atoms with E-state index in [-0.39, 0.29) is 6.10 Å². The van der Waals surface area contributed by atoms with Gasteiger partial charge in [0.2, 0.25) is 0 Å². The van der Waals surface area contributed by atoms with Crippen LogP contribution < -0.4 is 9.47 Å². The quantitative estimate of drug-likeness (QED) is 0.750. The van der Waals surface area contributed by atoms with Crippen LogP contribution in [0.25, 0.3) is 0 Å².